The molecular weight excluding hydrogens is 316 g/mol. The van der Waals surface area contributed by atoms with Gasteiger partial charge in [0.2, 0.25) is 5.76 Å². The molecular formula is C15H14N4O3S. The van der Waals surface area contributed by atoms with E-state index < -0.39 is 0 Å². The fourth-order valence-electron chi connectivity index (χ4n) is 2.60. The summed E-state index contributed by atoms with van der Waals surface area (Å²) in [5.74, 6) is 0.751. The molecule has 23 heavy (non-hydrogen) atoms. The number of aromatic nitrogens is 2. The van der Waals surface area contributed by atoms with Gasteiger partial charge in [-0.25, -0.2) is 4.98 Å². The fourth-order valence-corrected chi connectivity index (χ4v) is 3.28. The molecule has 0 radical (unpaired) electrons. The normalized spacial score (nSPS) is 17.6. The number of rotatable bonds is 4. The van der Waals surface area contributed by atoms with E-state index in [4.69, 9.17) is 8.94 Å². The maximum atomic E-state index is 12.3. The van der Waals surface area contributed by atoms with E-state index in [0.717, 1.165) is 24.6 Å². The maximum absolute atomic E-state index is 12.3. The number of carbonyl (C=O) groups excluding carboxylic acids is 1. The minimum absolute atomic E-state index is 0.0789. The van der Waals surface area contributed by atoms with Crippen LogP contribution in [0.15, 0.2) is 45.0 Å². The van der Waals surface area contributed by atoms with Crippen molar-refractivity contribution >= 4 is 22.4 Å². The van der Waals surface area contributed by atoms with E-state index in [1.807, 2.05) is 5.38 Å². The monoisotopic (exact) mass is 330 g/mol. The van der Waals surface area contributed by atoms with Gasteiger partial charge in [0.15, 0.2) is 16.6 Å². The summed E-state index contributed by atoms with van der Waals surface area (Å²) in [5.41, 5.74) is 0.254. The van der Waals surface area contributed by atoms with E-state index in [-0.39, 0.29) is 17.6 Å². The molecule has 8 heteroatoms. The molecule has 1 amide bonds. The van der Waals surface area contributed by atoms with Crippen molar-refractivity contribution in [2.45, 2.75) is 12.5 Å². The van der Waals surface area contributed by atoms with Crippen molar-refractivity contribution in [3.05, 3.63) is 41.7 Å². The molecule has 0 saturated carbocycles. The van der Waals surface area contributed by atoms with Crippen molar-refractivity contribution in [2.24, 2.45) is 0 Å². The summed E-state index contributed by atoms with van der Waals surface area (Å²) < 4.78 is 10.4. The van der Waals surface area contributed by atoms with Crippen LogP contribution in [0.2, 0.25) is 0 Å². The Bertz CT molecular complexity index is 782. The number of hydrogen-bond donors (Lipinski definition) is 1. The van der Waals surface area contributed by atoms with Crippen LogP contribution in [0.1, 0.15) is 16.9 Å². The lowest BCUT2D eigenvalue weighted by Crippen LogP contribution is -2.37. The van der Waals surface area contributed by atoms with Gasteiger partial charge >= 0.3 is 0 Å². The summed E-state index contributed by atoms with van der Waals surface area (Å²) in [5, 5.41) is 9.74. The molecule has 0 aliphatic carbocycles. The third-order valence-corrected chi connectivity index (χ3v) is 4.55. The van der Waals surface area contributed by atoms with Crippen molar-refractivity contribution in [1.82, 2.24) is 15.5 Å². The number of nitrogens with one attached hydrogen (secondary N) is 1. The zero-order valence-corrected chi connectivity index (χ0v) is 13.0. The lowest BCUT2D eigenvalue weighted by atomic mass is 10.2. The zero-order valence-electron chi connectivity index (χ0n) is 12.1. The Morgan fingerprint density at radius 2 is 2.39 bits per heavy atom. The Morgan fingerprint density at radius 3 is 3.17 bits per heavy atom. The Labute approximate surface area is 135 Å². The molecule has 0 spiro atoms. The maximum Gasteiger partial charge on any atom is 0.273 e. The van der Waals surface area contributed by atoms with E-state index in [1.165, 1.54) is 0 Å². The Morgan fingerprint density at radius 1 is 1.43 bits per heavy atom. The van der Waals surface area contributed by atoms with Crippen LogP contribution in [0.4, 0.5) is 5.13 Å². The van der Waals surface area contributed by atoms with Gasteiger partial charge in [-0.3, -0.25) is 4.79 Å². The van der Waals surface area contributed by atoms with Gasteiger partial charge in [0, 0.05) is 36.8 Å². The van der Waals surface area contributed by atoms with Gasteiger partial charge in [-0.2, -0.15) is 0 Å². The molecule has 1 saturated heterocycles. The zero-order chi connectivity index (χ0) is 15.6. The number of carbonyl (C=O) groups is 1. The van der Waals surface area contributed by atoms with Crippen LogP contribution in [0.25, 0.3) is 11.5 Å². The van der Waals surface area contributed by atoms with E-state index in [9.17, 15) is 4.79 Å². The van der Waals surface area contributed by atoms with E-state index in [2.05, 4.69) is 20.4 Å². The average molecular weight is 330 g/mol. The molecule has 4 rings (SSSR count). The molecule has 0 aromatic carbocycles. The van der Waals surface area contributed by atoms with Crippen molar-refractivity contribution in [3.8, 4) is 11.5 Å². The molecule has 0 bridgehead atoms. The van der Waals surface area contributed by atoms with Crippen LogP contribution in [0.3, 0.4) is 0 Å². The number of amides is 1. The lowest BCUT2D eigenvalue weighted by Gasteiger charge is -2.15. The minimum Gasteiger partial charge on any atom is -0.461 e. The number of anilines is 1. The third-order valence-electron chi connectivity index (χ3n) is 3.72. The predicted octanol–water partition coefficient (Wildman–Crippen LogP) is 2.40. The highest BCUT2D eigenvalue weighted by atomic mass is 32.1. The van der Waals surface area contributed by atoms with Crippen LogP contribution in [0, 0.1) is 0 Å². The quantitative estimate of drug-likeness (QED) is 0.791. The van der Waals surface area contributed by atoms with Crippen LogP contribution in [-0.2, 0) is 0 Å². The molecule has 3 aromatic rings. The lowest BCUT2D eigenvalue weighted by molar-refractivity contribution is 0.0931. The molecule has 118 valence electrons. The first-order valence-corrected chi connectivity index (χ1v) is 8.13. The summed E-state index contributed by atoms with van der Waals surface area (Å²) in [7, 11) is 0. The SMILES string of the molecule is O=C(NC1CCN(c2nccs2)C1)c1cc(-c2ccco2)on1. The molecule has 1 atom stereocenters. The van der Waals surface area contributed by atoms with Crippen molar-refractivity contribution in [3.63, 3.8) is 0 Å². The van der Waals surface area contributed by atoms with Gasteiger partial charge in [0.05, 0.1) is 6.26 Å². The van der Waals surface area contributed by atoms with Crippen molar-refractivity contribution in [2.75, 3.05) is 18.0 Å². The van der Waals surface area contributed by atoms with Gasteiger partial charge in [-0.1, -0.05) is 5.16 Å². The highest BCUT2D eigenvalue weighted by molar-refractivity contribution is 7.13. The summed E-state index contributed by atoms with van der Waals surface area (Å²) in [6.07, 6.45) is 4.22. The Hall–Kier alpha value is -2.61. The second-order valence-electron chi connectivity index (χ2n) is 5.27. The smallest absolute Gasteiger partial charge is 0.273 e. The van der Waals surface area contributed by atoms with E-state index >= 15 is 0 Å². The highest BCUT2D eigenvalue weighted by Crippen LogP contribution is 2.23. The molecule has 1 aliphatic heterocycles. The van der Waals surface area contributed by atoms with Gasteiger partial charge in [0.25, 0.3) is 5.91 Å². The molecule has 1 unspecified atom stereocenters. The predicted molar refractivity (Wildman–Crippen MR) is 84.4 cm³/mol. The number of furan rings is 1. The first-order valence-electron chi connectivity index (χ1n) is 7.25. The summed E-state index contributed by atoms with van der Waals surface area (Å²) in [6, 6.07) is 5.17. The van der Waals surface area contributed by atoms with Gasteiger partial charge < -0.3 is 19.2 Å². The van der Waals surface area contributed by atoms with Crippen LogP contribution in [-0.4, -0.2) is 35.2 Å². The topological polar surface area (TPSA) is 84.4 Å². The summed E-state index contributed by atoms with van der Waals surface area (Å²) in [6.45, 7) is 1.64. The van der Waals surface area contributed by atoms with Crippen LogP contribution in [0.5, 0.6) is 0 Å². The molecule has 1 aliphatic rings. The summed E-state index contributed by atoms with van der Waals surface area (Å²) >= 11 is 1.60. The molecule has 1 N–H and O–H groups in total. The second-order valence-corrected chi connectivity index (χ2v) is 6.15. The Kier molecular flexibility index (Phi) is 3.58. The van der Waals surface area contributed by atoms with E-state index in [1.54, 1.807) is 42.0 Å². The molecule has 3 aromatic heterocycles. The fraction of sp³-hybridized carbons (Fsp3) is 0.267. The first kappa shape index (κ1) is 14.0. The molecule has 1 fully saturated rings. The molecule has 4 heterocycles. The number of hydrogen-bond acceptors (Lipinski definition) is 7. The third kappa shape index (κ3) is 2.85. The average Bonchev–Trinajstić information content (AvgIpc) is 3.30. The number of nitrogens with zero attached hydrogens (tertiary/aromatic N) is 3. The standard InChI is InChI=1S/C15H14N4O3S/c20-14(11-8-13(22-18-11)12-2-1-6-21-12)17-10-3-5-19(9-10)15-16-4-7-23-15/h1-2,4,6-8,10H,3,5,9H2,(H,17,20). The summed E-state index contributed by atoms with van der Waals surface area (Å²) in [4.78, 5) is 18.8. The largest absolute Gasteiger partial charge is 0.461 e. The Balaban J connectivity index is 1.39. The minimum atomic E-state index is -0.238. The molecule has 7 nitrogen and oxygen atoms in total. The van der Waals surface area contributed by atoms with Crippen LogP contribution >= 0.6 is 11.3 Å². The van der Waals surface area contributed by atoms with E-state index in [0.29, 0.717) is 11.5 Å². The highest BCUT2D eigenvalue weighted by Gasteiger charge is 2.26. The van der Waals surface area contributed by atoms with Crippen molar-refractivity contribution in [1.29, 1.82) is 0 Å². The number of thiazole rings is 1. The second kappa shape index (κ2) is 5.88. The van der Waals surface area contributed by atoms with Crippen molar-refractivity contribution < 1.29 is 13.7 Å². The van der Waals surface area contributed by atoms with Gasteiger partial charge in [-0.15, -0.1) is 11.3 Å². The van der Waals surface area contributed by atoms with Gasteiger partial charge in [0.1, 0.15) is 0 Å². The first-order chi connectivity index (χ1) is 11.3. The van der Waals surface area contributed by atoms with Crippen LogP contribution < -0.4 is 10.2 Å². The van der Waals surface area contributed by atoms with Gasteiger partial charge in [-0.05, 0) is 18.6 Å².